The monoisotopic (exact) mass is 257 g/mol. The van der Waals surface area contributed by atoms with Crippen LogP contribution in [0.25, 0.3) is 5.57 Å². The van der Waals surface area contributed by atoms with E-state index in [0.29, 0.717) is 0 Å². The van der Waals surface area contributed by atoms with Crippen molar-refractivity contribution < 1.29 is 0 Å². The molecule has 4 heteroatoms. The highest BCUT2D eigenvalue weighted by Crippen LogP contribution is 2.27. The molecule has 0 saturated heterocycles. The van der Waals surface area contributed by atoms with E-state index in [0.717, 1.165) is 31.0 Å². The lowest BCUT2D eigenvalue weighted by Crippen LogP contribution is -2.29. The van der Waals surface area contributed by atoms with Crippen LogP contribution >= 0.6 is 11.3 Å². The summed E-state index contributed by atoms with van der Waals surface area (Å²) in [6.07, 6.45) is 7.02. The van der Waals surface area contributed by atoms with Crippen LogP contribution in [-0.2, 0) is 0 Å². The summed E-state index contributed by atoms with van der Waals surface area (Å²) in [5, 5.41) is 2.13. The molecule has 0 bridgehead atoms. The fourth-order valence-electron chi connectivity index (χ4n) is 2.16. The van der Waals surface area contributed by atoms with E-state index in [4.69, 9.17) is 0 Å². The largest absolute Gasteiger partial charge is 0.351 e. The highest BCUT2D eigenvalue weighted by atomic mass is 32.1. The lowest BCUT2D eigenvalue weighted by molar-refractivity contribution is 0.809. The number of hydrogen-bond acceptors (Lipinski definition) is 4. The van der Waals surface area contributed by atoms with Crippen LogP contribution in [0.1, 0.15) is 17.0 Å². The van der Waals surface area contributed by atoms with Crippen LogP contribution in [0.3, 0.4) is 0 Å². The number of nitrogens with zero attached hydrogens (tertiary/aromatic N) is 3. The SMILES string of the molecule is Cc1cncc(N2CC=C(c3cccs3)CC2)n1. The van der Waals surface area contributed by atoms with E-state index in [1.807, 2.05) is 24.5 Å². The summed E-state index contributed by atoms with van der Waals surface area (Å²) in [5.74, 6) is 0.983. The molecule has 18 heavy (non-hydrogen) atoms. The van der Waals surface area contributed by atoms with Gasteiger partial charge < -0.3 is 4.90 Å². The first-order valence-electron chi connectivity index (χ1n) is 6.09. The van der Waals surface area contributed by atoms with Gasteiger partial charge in [-0.15, -0.1) is 11.3 Å². The number of aromatic nitrogens is 2. The van der Waals surface area contributed by atoms with Gasteiger partial charge >= 0.3 is 0 Å². The number of hydrogen-bond donors (Lipinski definition) is 0. The number of thiophene rings is 1. The average molecular weight is 257 g/mol. The van der Waals surface area contributed by atoms with Crippen molar-refractivity contribution in [3.63, 3.8) is 0 Å². The van der Waals surface area contributed by atoms with Gasteiger partial charge in [0, 0.05) is 24.2 Å². The predicted octanol–water partition coefficient (Wildman–Crippen LogP) is 3.14. The maximum Gasteiger partial charge on any atom is 0.147 e. The van der Waals surface area contributed by atoms with Gasteiger partial charge in [-0.1, -0.05) is 12.1 Å². The maximum absolute atomic E-state index is 4.52. The molecule has 92 valence electrons. The Labute approximate surface area is 111 Å². The molecule has 3 nitrogen and oxygen atoms in total. The van der Waals surface area contributed by atoms with Crippen LogP contribution in [0.4, 0.5) is 5.82 Å². The Balaban J connectivity index is 1.77. The van der Waals surface area contributed by atoms with Gasteiger partial charge in [-0.2, -0.15) is 0 Å². The van der Waals surface area contributed by atoms with Gasteiger partial charge in [0.05, 0.1) is 11.9 Å². The average Bonchev–Trinajstić information content (AvgIpc) is 2.93. The van der Waals surface area contributed by atoms with E-state index >= 15 is 0 Å². The second kappa shape index (κ2) is 4.90. The quantitative estimate of drug-likeness (QED) is 0.827. The van der Waals surface area contributed by atoms with Gasteiger partial charge in [0.1, 0.15) is 5.82 Å². The molecule has 0 N–H and O–H groups in total. The maximum atomic E-state index is 4.52. The van der Waals surface area contributed by atoms with Crippen molar-refractivity contribution in [1.29, 1.82) is 0 Å². The van der Waals surface area contributed by atoms with Crippen LogP contribution in [0.15, 0.2) is 36.0 Å². The lowest BCUT2D eigenvalue weighted by atomic mass is 10.1. The molecular formula is C14H15N3S. The summed E-state index contributed by atoms with van der Waals surface area (Å²) in [7, 11) is 0. The summed E-state index contributed by atoms with van der Waals surface area (Å²) >= 11 is 1.81. The van der Waals surface area contributed by atoms with Gasteiger partial charge in [0.25, 0.3) is 0 Å². The van der Waals surface area contributed by atoms with Crippen LogP contribution < -0.4 is 4.90 Å². The van der Waals surface area contributed by atoms with E-state index in [9.17, 15) is 0 Å². The van der Waals surface area contributed by atoms with Crippen molar-refractivity contribution in [3.8, 4) is 0 Å². The van der Waals surface area contributed by atoms with Gasteiger partial charge in [0.2, 0.25) is 0 Å². The lowest BCUT2D eigenvalue weighted by Gasteiger charge is -2.27. The van der Waals surface area contributed by atoms with E-state index in [1.54, 1.807) is 6.20 Å². The Hall–Kier alpha value is -1.68. The first-order chi connectivity index (χ1) is 8.83. The van der Waals surface area contributed by atoms with E-state index in [1.165, 1.54) is 10.5 Å². The zero-order valence-corrected chi connectivity index (χ0v) is 11.2. The molecule has 0 aromatic carbocycles. The van der Waals surface area contributed by atoms with Crippen molar-refractivity contribution in [2.45, 2.75) is 13.3 Å². The Kier molecular flexibility index (Phi) is 3.11. The molecule has 3 heterocycles. The number of aryl methyl sites for hydroxylation is 1. The smallest absolute Gasteiger partial charge is 0.147 e. The molecule has 0 aliphatic carbocycles. The Morgan fingerprint density at radius 1 is 1.33 bits per heavy atom. The third kappa shape index (κ3) is 2.29. The van der Waals surface area contributed by atoms with Crippen LogP contribution in [0.5, 0.6) is 0 Å². The molecular weight excluding hydrogens is 242 g/mol. The summed E-state index contributed by atoms with van der Waals surface area (Å²) < 4.78 is 0. The fourth-order valence-corrected chi connectivity index (χ4v) is 2.96. The fraction of sp³-hybridized carbons (Fsp3) is 0.286. The standard InChI is InChI=1S/C14H15N3S/c1-11-9-15-10-14(16-11)17-6-4-12(5-7-17)13-3-2-8-18-13/h2-4,8-10H,5-7H2,1H3. The Bertz CT molecular complexity index is 560. The Morgan fingerprint density at radius 3 is 2.94 bits per heavy atom. The van der Waals surface area contributed by atoms with Crippen LogP contribution in [0, 0.1) is 6.92 Å². The minimum Gasteiger partial charge on any atom is -0.351 e. The second-order valence-corrected chi connectivity index (χ2v) is 5.37. The molecule has 0 spiro atoms. The van der Waals surface area contributed by atoms with Crippen molar-refractivity contribution in [1.82, 2.24) is 9.97 Å². The molecule has 0 amide bonds. The van der Waals surface area contributed by atoms with E-state index in [-0.39, 0.29) is 0 Å². The van der Waals surface area contributed by atoms with Gasteiger partial charge in [-0.3, -0.25) is 4.98 Å². The Morgan fingerprint density at radius 2 is 2.28 bits per heavy atom. The van der Waals surface area contributed by atoms with E-state index in [2.05, 4.69) is 38.5 Å². The predicted molar refractivity (Wildman–Crippen MR) is 75.9 cm³/mol. The van der Waals surface area contributed by atoms with Gasteiger partial charge in [-0.05, 0) is 30.4 Å². The normalized spacial score (nSPS) is 15.6. The summed E-state index contributed by atoms with van der Waals surface area (Å²) in [5.41, 5.74) is 2.43. The van der Waals surface area contributed by atoms with Gasteiger partial charge in [0.15, 0.2) is 0 Å². The second-order valence-electron chi connectivity index (χ2n) is 4.42. The molecule has 0 atom stereocenters. The first-order valence-corrected chi connectivity index (χ1v) is 6.97. The van der Waals surface area contributed by atoms with Crippen molar-refractivity contribution >= 4 is 22.7 Å². The molecule has 2 aromatic heterocycles. The summed E-state index contributed by atoms with van der Waals surface area (Å²) in [6.45, 7) is 3.92. The highest BCUT2D eigenvalue weighted by molar-refractivity contribution is 7.11. The van der Waals surface area contributed by atoms with Crippen molar-refractivity contribution in [2.75, 3.05) is 18.0 Å². The molecule has 0 unspecified atom stereocenters. The molecule has 3 rings (SSSR count). The number of rotatable bonds is 2. The topological polar surface area (TPSA) is 29.0 Å². The zero-order valence-electron chi connectivity index (χ0n) is 10.3. The number of anilines is 1. The van der Waals surface area contributed by atoms with Crippen LogP contribution in [-0.4, -0.2) is 23.1 Å². The summed E-state index contributed by atoms with van der Waals surface area (Å²) in [4.78, 5) is 12.4. The van der Waals surface area contributed by atoms with Gasteiger partial charge in [-0.25, -0.2) is 4.98 Å². The zero-order chi connectivity index (χ0) is 12.4. The minimum absolute atomic E-state index is 0.922. The third-order valence-corrected chi connectivity index (χ3v) is 4.06. The molecule has 2 aromatic rings. The first kappa shape index (κ1) is 11.4. The molecule has 1 aliphatic heterocycles. The molecule has 1 aliphatic rings. The van der Waals surface area contributed by atoms with Crippen molar-refractivity contribution in [2.24, 2.45) is 0 Å². The summed E-state index contributed by atoms with van der Waals surface area (Å²) in [6, 6.07) is 4.30. The minimum atomic E-state index is 0.922. The molecule has 0 fully saturated rings. The molecule has 0 radical (unpaired) electrons. The van der Waals surface area contributed by atoms with E-state index < -0.39 is 0 Å². The highest BCUT2D eigenvalue weighted by Gasteiger charge is 2.15. The molecule has 0 saturated carbocycles. The third-order valence-electron chi connectivity index (χ3n) is 3.11. The van der Waals surface area contributed by atoms with Crippen LogP contribution in [0.2, 0.25) is 0 Å². The van der Waals surface area contributed by atoms with Crippen molar-refractivity contribution in [3.05, 3.63) is 46.6 Å².